The number of aliphatic carboxylic acids is 1. The molecule has 2 heterocycles. The SMILES string of the molecule is O=C(O)C1=NC(=O)C2SC=CC2=C1. The third-order valence-electron chi connectivity index (χ3n) is 1.76. The van der Waals surface area contributed by atoms with Crippen molar-refractivity contribution in [2.45, 2.75) is 5.25 Å². The van der Waals surface area contributed by atoms with E-state index in [9.17, 15) is 9.59 Å². The molecule has 0 aromatic rings. The number of dihydropyridines is 1. The monoisotopic (exact) mass is 195 g/mol. The second kappa shape index (κ2) is 2.85. The summed E-state index contributed by atoms with van der Waals surface area (Å²) in [6.45, 7) is 0. The number of carboxylic acid groups (broad SMARTS) is 1. The van der Waals surface area contributed by atoms with Crippen molar-refractivity contribution in [2.75, 3.05) is 0 Å². The summed E-state index contributed by atoms with van der Waals surface area (Å²) in [5, 5.41) is 10.1. The van der Waals surface area contributed by atoms with E-state index in [-0.39, 0.29) is 16.9 Å². The number of fused-ring (bicyclic) bond motifs is 1. The Morgan fingerprint density at radius 1 is 1.62 bits per heavy atom. The molecule has 0 saturated heterocycles. The van der Waals surface area contributed by atoms with Crippen LogP contribution in [0.5, 0.6) is 0 Å². The summed E-state index contributed by atoms with van der Waals surface area (Å²) in [4.78, 5) is 25.2. The van der Waals surface area contributed by atoms with E-state index in [0.29, 0.717) is 0 Å². The minimum absolute atomic E-state index is 0.177. The van der Waals surface area contributed by atoms with Crippen molar-refractivity contribution in [3.05, 3.63) is 23.1 Å². The van der Waals surface area contributed by atoms with Crippen LogP contribution in [0, 0.1) is 0 Å². The first-order chi connectivity index (χ1) is 6.18. The van der Waals surface area contributed by atoms with Crippen molar-refractivity contribution >= 4 is 29.4 Å². The molecule has 0 spiro atoms. The van der Waals surface area contributed by atoms with Gasteiger partial charge >= 0.3 is 5.97 Å². The lowest BCUT2D eigenvalue weighted by Crippen LogP contribution is -2.24. The zero-order chi connectivity index (χ0) is 9.42. The lowest BCUT2D eigenvalue weighted by atomic mass is 10.1. The van der Waals surface area contributed by atoms with Gasteiger partial charge in [0.2, 0.25) is 0 Å². The number of carboxylic acids is 1. The highest BCUT2D eigenvalue weighted by Gasteiger charge is 2.30. The predicted octanol–water partition coefficient (Wildman–Crippen LogP) is 0.608. The minimum atomic E-state index is -1.16. The van der Waals surface area contributed by atoms with Gasteiger partial charge in [-0.15, -0.1) is 11.8 Å². The van der Waals surface area contributed by atoms with E-state index in [0.717, 1.165) is 5.57 Å². The summed E-state index contributed by atoms with van der Waals surface area (Å²) in [6.07, 6.45) is 3.18. The van der Waals surface area contributed by atoms with E-state index in [4.69, 9.17) is 5.11 Å². The summed E-state index contributed by atoms with van der Waals surface area (Å²) in [7, 11) is 0. The lowest BCUT2D eigenvalue weighted by Gasteiger charge is -2.11. The molecule has 1 atom stereocenters. The van der Waals surface area contributed by atoms with Gasteiger partial charge in [-0.2, -0.15) is 0 Å². The molecule has 2 aliphatic rings. The van der Waals surface area contributed by atoms with Crippen LogP contribution >= 0.6 is 11.8 Å². The molecular weight excluding hydrogens is 190 g/mol. The highest BCUT2D eigenvalue weighted by molar-refractivity contribution is 8.03. The number of hydrogen-bond acceptors (Lipinski definition) is 3. The first-order valence-electron chi connectivity index (χ1n) is 3.58. The van der Waals surface area contributed by atoms with Gasteiger partial charge in [0.05, 0.1) is 0 Å². The number of carbonyl (C=O) groups excluding carboxylic acids is 1. The highest BCUT2D eigenvalue weighted by atomic mass is 32.2. The van der Waals surface area contributed by atoms with E-state index in [1.165, 1.54) is 17.8 Å². The fourth-order valence-corrected chi connectivity index (χ4v) is 2.03. The second-order valence-corrected chi connectivity index (χ2v) is 3.62. The Morgan fingerprint density at radius 3 is 3.08 bits per heavy atom. The molecule has 0 radical (unpaired) electrons. The number of thioether (sulfide) groups is 1. The largest absolute Gasteiger partial charge is 0.477 e. The molecule has 1 N–H and O–H groups in total. The molecule has 0 aromatic carbocycles. The van der Waals surface area contributed by atoms with Gasteiger partial charge in [-0.05, 0) is 17.1 Å². The van der Waals surface area contributed by atoms with Crippen molar-refractivity contribution in [3.8, 4) is 0 Å². The Morgan fingerprint density at radius 2 is 2.38 bits per heavy atom. The molecule has 0 aromatic heterocycles. The van der Waals surface area contributed by atoms with Crippen LogP contribution in [0.3, 0.4) is 0 Å². The number of hydrogen-bond donors (Lipinski definition) is 1. The number of allylic oxidation sites excluding steroid dienone is 1. The molecule has 2 rings (SSSR count). The zero-order valence-electron chi connectivity index (χ0n) is 6.43. The molecule has 4 nitrogen and oxygen atoms in total. The second-order valence-electron chi connectivity index (χ2n) is 2.60. The summed E-state index contributed by atoms with van der Waals surface area (Å²) < 4.78 is 0. The van der Waals surface area contributed by atoms with Crippen molar-refractivity contribution in [3.63, 3.8) is 0 Å². The van der Waals surface area contributed by atoms with Crippen molar-refractivity contribution in [2.24, 2.45) is 4.99 Å². The maximum atomic E-state index is 11.2. The van der Waals surface area contributed by atoms with Crippen LogP contribution < -0.4 is 0 Å². The van der Waals surface area contributed by atoms with Crippen LogP contribution in [0.15, 0.2) is 28.1 Å². The van der Waals surface area contributed by atoms with Gasteiger partial charge < -0.3 is 5.11 Å². The topological polar surface area (TPSA) is 66.7 Å². The molecule has 1 unspecified atom stereocenters. The standard InChI is InChI=1S/C8H5NO3S/c10-7-6-4(1-2-13-6)3-5(9-7)8(11)12/h1-3,6H,(H,11,12). The Hall–Kier alpha value is -1.36. The first-order valence-corrected chi connectivity index (χ1v) is 4.52. The van der Waals surface area contributed by atoms with Gasteiger partial charge in [0.25, 0.3) is 5.91 Å². The Bertz CT molecular complexity index is 381. The molecule has 5 heteroatoms. The van der Waals surface area contributed by atoms with Crippen LogP contribution in [0.2, 0.25) is 0 Å². The molecule has 66 valence electrons. The Kier molecular flexibility index (Phi) is 1.81. The fourth-order valence-electron chi connectivity index (χ4n) is 1.16. The van der Waals surface area contributed by atoms with Crippen molar-refractivity contribution in [1.82, 2.24) is 0 Å². The molecule has 13 heavy (non-hydrogen) atoms. The molecule has 0 aliphatic carbocycles. The minimum Gasteiger partial charge on any atom is -0.477 e. The maximum absolute atomic E-state index is 11.2. The van der Waals surface area contributed by atoms with Crippen LogP contribution in [0.4, 0.5) is 0 Å². The summed E-state index contributed by atoms with van der Waals surface area (Å²) in [6, 6.07) is 0. The first kappa shape index (κ1) is 8.25. The van der Waals surface area contributed by atoms with Gasteiger partial charge in [-0.1, -0.05) is 6.08 Å². The number of amides is 1. The van der Waals surface area contributed by atoms with Gasteiger partial charge in [0.1, 0.15) is 5.25 Å². The molecule has 0 fully saturated rings. The number of rotatable bonds is 1. The third-order valence-corrected chi connectivity index (χ3v) is 2.79. The summed E-state index contributed by atoms with van der Waals surface area (Å²) in [5.41, 5.74) is 0.547. The quantitative estimate of drug-likeness (QED) is 0.665. The molecular formula is C8H5NO3S. The van der Waals surface area contributed by atoms with Gasteiger partial charge in [0.15, 0.2) is 5.71 Å². The zero-order valence-corrected chi connectivity index (χ0v) is 7.25. The van der Waals surface area contributed by atoms with E-state index in [2.05, 4.69) is 4.99 Å². The number of carbonyl (C=O) groups is 2. The maximum Gasteiger partial charge on any atom is 0.354 e. The van der Waals surface area contributed by atoms with Gasteiger partial charge in [-0.25, -0.2) is 9.79 Å². The van der Waals surface area contributed by atoms with Crippen molar-refractivity contribution in [1.29, 1.82) is 0 Å². The summed E-state index contributed by atoms with van der Waals surface area (Å²) >= 11 is 1.35. The fraction of sp³-hybridized carbons (Fsp3) is 0.125. The normalized spacial score (nSPS) is 25.2. The van der Waals surface area contributed by atoms with Crippen LogP contribution in [-0.2, 0) is 9.59 Å². The molecule has 2 aliphatic heterocycles. The summed E-state index contributed by atoms with van der Waals surface area (Å²) in [5.74, 6) is -1.55. The lowest BCUT2D eigenvalue weighted by molar-refractivity contribution is -0.129. The Balaban J connectivity index is 2.40. The smallest absolute Gasteiger partial charge is 0.354 e. The van der Waals surface area contributed by atoms with E-state index >= 15 is 0 Å². The average molecular weight is 195 g/mol. The van der Waals surface area contributed by atoms with Crippen LogP contribution in [0.25, 0.3) is 0 Å². The van der Waals surface area contributed by atoms with E-state index in [1.807, 2.05) is 0 Å². The van der Waals surface area contributed by atoms with E-state index < -0.39 is 5.97 Å². The van der Waals surface area contributed by atoms with Gasteiger partial charge in [0, 0.05) is 0 Å². The van der Waals surface area contributed by atoms with Gasteiger partial charge in [-0.3, -0.25) is 4.79 Å². The van der Waals surface area contributed by atoms with Crippen molar-refractivity contribution < 1.29 is 14.7 Å². The number of aliphatic imine (C=N–C) groups is 1. The molecule has 0 saturated carbocycles. The average Bonchev–Trinajstić information content (AvgIpc) is 2.51. The van der Waals surface area contributed by atoms with Crippen LogP contribution in [-0.4, -0.2) is 27.9 Å². The van der Waals surface area contributed by atoms with Crippen LogP contribution in [0.1, 0.15) is 0 Å². The number of nitrogens with zero attached hydrogens (tertiary/aromatic N) is 1. The third kappa shape index (κ3) is 1.31. The highest BCUT2D eigenvalue weighted by Crippen LogP contribution is 2.32. The molecule has 0 bridgehead atoms. The predicted molar refractivity (Wildman–Crippen MR) is 48.7 cm³/mol. The Labute approximate surface area is 78.0 Å². The molecule has 1 amide bonds. The van der Waals surface area contributed by atoms with E-state index in [1.54, 1.807) is 11.5 Å².